The van der Waals surface area contributed by atoms with Crippen LogP contribution in [0, 0.1) is 11.3 Å². The number of H-pyrrole nitrogens is 1. The molecule has 9 heteroatoms. The van der Waals surface area contributed by atoms with Crippen LogP contribution in [0.5, 0.6) is 5.88 Å². The number of hydrogen-bond donors (Lipinski definition) is 2. The largest absolute Gasteiger partial charge is 0.474 e. The third-order valence-electron chi connectivity index (χ3n) is 5.95. The van der Waals surface area contributed by atoms with Crippen molar-refractivity contribution in [2.24, 2.45) is 0 Å². The molecule has 31 heavy (non-hydrogen) atoms. The van der Waals surface area contributed by atoms with Gasteiger partial charge in [0.2, 0.25) is 17.7 Å². The first kappa shape index (κ1) is 19.1. The molecule has 3 aromatic rings. The maximum atomic E-state index is 13.4. The Morgan fingerprint density at radius 3 is 3.00 bits per heavy atom. The number of fused-ring (bicyclic) bond motifs is 3. The van der Waals surface area contributed by atoms with E-state index in [0.29, 0.717) is 18.7 Å². The molecule has 0 saturated heterocycles. The summed E-state index contributed by atoms with van der Waals surface area (Å²) in [7, 11) is 0. The van der Waals surface area contributed by atoms with Crippen molar-refractivity contribution in [1.82, 2.24) is 20.5 Å². The van der Waals surface area contributed by atoms with E-state index in [4.69, 9.17) is 10.00 Å². The molecule has 1 atom stereocenters. The lowest BCUT2D eigenvalue weighted by molar-refractivity contribution is -0.131. The van der Waals surface area contributed by atoms with Gasteiger partial charge in [0.05, 0.1) is 23.2 Å². The number of hydrogen-bond acceptors (Lipinski definition) is 6. The number of aromatic nitrogens is 3. The standard InChI is InChI=1S/C22H20N6O3/c1-13(10-23)25-19(29)12-28-18-5-3-2-4-15(18)22(21(28)30)8-14(9-22)31-20-7-6-16-17(26-20)11-24-27-16/h2-7,11,13-14H,8-9,12H2,1H3,(H,24,27)(H,25,29). The number of benzene rings is 1. The van der Waals surface area contributed by atoms with Gasteiger partial charge in [0.25, 0.3) is 0 Å². The zero-order valence-corrected chi connectivity index (χ0v) is 16.8. The fourth-order valence-electron chi connectivity index (χ4n) is 4.46. The summed E-state index contributed by atoms with van der Waals surface area (Å²) in [6.45, 7) is 1.48. The SMILES string of the molecule is CC(C#N)NC(=O)CN1C(=O)C2(CC(Oc3ccc4[nH]ncc4n3)C2)c2ccccc21. The van der Waals surface area contributed by atoms with Crippen LogP contribution in [0.25, 0.3) is 11.0 Å². The number of pyridine rings is 1. The number of nitrogens with one attached hydrogen (secondary N) is 2. The molecule has 3 heterocycles. The van der Waals surface area contributed by atoms with E-state index in [0.717, 1.165) is 22.3 Å². The lowest BCUT2D eigenvalue weighted by Crippen LogP contribution is -2.55. The third kappa shape index (κ3) is 3.08. The van der Waals surface area contributed by atoms with Crippen molar-refractivity contribution < 1.29 is 14.3 Å². The molecule has 0 radical (unpaired) electrons. The lowest BCUT2D eigenvalue weighted by Gasteiger charge is -2.43. The summed E-state index contributed by atoms with van der Waals surface area (Å²) in [6.07, 6.45) is 2.51. The van der Waals surface area contributed by atoms with E-state index >= 15 is 0 Å². The van der Waals surface area contributed by atoms with Crippen LogP contribution in [0.15, 0.2) is 42.6 Å². The molecule has 1 aromatic carbocycles. The van der Waals surface area contributed by atoms with Crippen molar-refractivity contribution in [3.63, 3.8) is 0 Å². The van der Waals surface area contributed by atoms with Gasteiger partial charge in [0.1, 0.15) is 24.2 Å². The first-order valence-corrected chi connectivity index (χ1v) is 10.1. The van der Waals surface area contributed by atoms with Crippen LogP contribution in [0.3, 0.4) is 0 Å². The van der Waals surface area contributed by atoms with Crippen LogP contribution in [-0.4, -0.2) is 45.7 Å². The fraction of sp³-hybridized carbons (Fsp3) is 0.318. The van der Waals surface area contributed by atoms with Gasteiger partial charge in [-0.25, -0.2) is 4.98 Å². The Kier molecular flexibility index (Phi) is 4.36. The number of para-hydroxylation sites is 1. The van der Waals surface area contributed by atoms with E-state index in [2.05, 4.69) is 20.5 Å². The molecule has 2 aliphatic rings. The predicted octanol–water partition coefficient (Wildman–Crippen LogP) is 1.81. The van der Waals surface area contributed by atoms with Crippen molar-refractivity contribution in [2.75, 3.05) is 11.4 Å². The molecule has 0 bridgehead atoms. The number of ether oxygens (including phenoxy) is 1. The van der Waals surface area contributed by atoms with Gasteiger partial charge in [0, 0.05) is 24.6 Å². The molecule has 1 saturated carbocycles. The number of carbonyl (C=O) groups is 2. The molecule has 9 nitrogen and oxygen atoms in total. The summed E-state index contributed by atoms with van der Waals surface area (Å²) >= 11 is 0. The van der Waals surface area contributed by atoms with Gasteiger partial charge < -0.3 is 15.0 Å². The summed E-state index contributed by atoms with van der Waals surface area (Å²) < 4.78 is 6.02. The Labute approximate surface area is 178 Å². The van der Waals surface area contributed by atoms with Crippen molar-refractivity contribution in [2.45, 2.75) is 37.3 Å². The minimum atomic E-state index is -0.692. The first-order chi connectivity index (χ1) is 15.0. The minimum absolute atomic E-state index is 0.105. The third-order valence-corrected chi connectivity index (χ3v) is 5.95. The summed E-state index contributed by atoms with van der Waals surface area (Å²) in [6, 6.07) is 12.5. The van der Waals surface area contributed by atoms with Gasteiger partial charge in [-0.1, -0.05) is 18.2 Å². The molecule has 1 fully saturated rings. The molecule has 156 valence electrons. The highest BCUT2D eigenvalue weighted by atomic mass is 16.5. The van der Waals surface area contributed by atoms with E-state index in [1.807, 2.05) is 36.4 Å². The molecule has 1 spiro atoms. The molecule has 2 N–H and O–H groups in total. The second kappa shape index (κ2) is 7.09. The maximum absolute atomic E-state index is 13.4. The molecule has 2 amide bonds. The van der Waals surface area contributed by atoms with Gasteiger partial charge in [-0.2, -0.15) is 10.4 Å². The smallest absolute Gasteiger partial charge is 0.241 e. The minimum Gasteiger partial charge on any atom is -0.474 e. The van der Waals surface area contributed by atoms with Gasteiger partial charge in [-0.3, -0.25) is 14.7 Å². The van der Waals surface area contributed by atoms with E-state index in [-0.39, 0.29) is 24.5 Å². The first-order valence-electron chi connectivity index (χ1n) is 10.1. The van der Waals surface area contributed by atoms with Gasteiger partial charge in [-0.15, -0.1) is 0 Å². The molecule has 1 unspecified atom stereocenters. The van der Waals surface area contributed by atoms with Crippen molar-refractivity contribution in [1.29, 1.82) is 5.26 Å². The summed E-state index contributed by atoms with van der Waals surface area (Å²) in [5.41, 5.74) is 2.51. The number of nitrogens with zero attached hydrogens (tertiary/aromatic N) is 4. The highest BCUT2D eigenvalue weighted by molar-refractivity contribution is 6.11. The van der Waals surface area contributed by atoms with Crippen molar-refractivity contribution in [3.05, 3.63) is 48.2 Å². The second-order valence-electron chi connectivity index (χ2n) is 8.01. The Balaban J connectivity index is 1.33. The monoisotopic (exact) mass is 416 g/mol. The maximum Gasteiger partial charge on any atom is 0.241 e. The molecule has 2 aromatic heterocycles. The number of anilines is 1. The lowest BCUT2D eigenvalue weighted by atomic mass is 9.63. The van der Waals surface area contributed by atoms with Crippen LogP contribution in [0.2, 0.25) is 0 Å². The average molecular weight is 416 g/mol. The number of amides is 2. The topological polar surface area (TPSA) is 124 Å². The van der Waals surface area contributed by atoms with Crippen molar-refractivity contribution >= 4 is 28.5 Å². The van der Waals surface area contributed by atoms with Crippen LogP contribution in [0.1, 0.15) is 25.3 Å². The van der Waals surface area contributed by atoms with Gasteiger partial charge in [0.15, 0.2) is 0 Å². The Hall–Kier alpha value is -3.93. The summed E-state index contributed by atoms with van der Waals surface area (Å²) in [4.78, 5) is 31.7. The molecular weight excluding hydrogens is 396 g/mol. The molecule has 1 aliphatic heterocycles. The second-order valence-corrected chi connectivity index (χ2v) is 8.01. The summed E-state index contributed by atoms with van der Waals surface area (Å²) in [5, 5.41) is 18.3. The Morgan fingerprint density at radius 2 is 2.19 bits per heavy atom. The van der Waals surface area contributed by atoms with E-state index < -0.39 is 11.5 Å². The Bertz CT molecular complexity index is 1220. The summed E-state index contributed by atoms with van der Waals surface area (Å²) in [5.74, 6) is 0.0275. The number of nitriles is 1. The average Bonchev–Trinajstić information content (AvgIpc) is 3.30. The Morgan fingerprint density at radius 1 is 1.39 bits per heavy atom. The quantitative estimate of drug-likeness (QED) is 0.654. The molecular formula is C22H20N6O3. The van der Waals surface area contributed by atoms with Crippen LogP contribution in [0.4, 0.5) is 5.69 Å². The zero-order chi connectivity index (χ0) is 21.6. The zero-order valence-electron chi connectivity index (χ0n) is 16.8. The van der Waals surface area contributed by atoms with Gasteiger partial charge >= 0.3 is 0 Å². The van der Waals surface area contributed by atoms with Crippen molar-refractivity contribution in [3.8, 4) is 11.9 Å². The normalized spacial score (nSPS) is 22.6. The van der Waals surface area contributed by atoms with Crippen LogP contribution in [-0.2, 0) is 15.0 Å². The van der Waals surface area contributed by atoms with E-state index in [1.54, 1.807) is 19.2 Å². The predicted molar refractivity (Wildman–Crippen MR) is 111 cm³/mol. The van der Waals surface area contributed by atoms with E-state index in [9.17, 15) is 9.59 Å². The highest BCUT2D eigenvalue weighted by Gasteiger charge is 2.59. The highest BCUT2D eigenvalue weighted by Crippen LogP contribution is 2.54. The number of carbonyl (C=O) groups excluding carboxylic acids is 2. The fourth-order valence-corrected chi connectivity index (χ4v) is 4.46. The van der Waals surface area contributed by atoms with Crippen LogP contribution >= 0.6 is 0 Å². The number of aromatic amines is 1. The molecule has 5 rings (SSSR count). The molecule has 1 aliphatic carbocycles. The van der Waals surface area contributed by atoms with E-state index in [1.165, 1.54) is 4.90 Å². The van der Waals surface area contributed by atoms with Gasteiger partial charge in [-0.05, 0) is 24.6 Å². The van der Waals surface area contributed by atoms with Crippen LogP contribution < -0.4 is 15.0 Å². The number of rotatable bonds is 5.